The third kappa shape index (κ3) is 1.99. The fraction of sp³-hybridized carbons (Fsp3) is 0.300. The fourth-order valence-corrected chi connectivity index (χ4v) is 3.40. The van der Waals surface area contributed by atoms with E-state index in [0.29, 0.717) is 11.8 Å². The summed E-state index contributed by atoms with van der Waals surface area (Å²) >= 11 is 0. The third-order valence-corrected chi connectivity index (χ3v) is 4.52. The summed E-state index contributed by atoms with van der Waals surface area (Å²) in [5, 5.41) is 0. The van der Waals surface area contributed by atoms with Crippen LogP contribution in [0.3, 0.4) is 0 Å². The van der Waals surface area contributed by atoms with Gasteiger partial charge in [-0.2, -0.15) is 0 Å². The quantitative estimate of drug-likeness (QED) is 0.614. The third-order valence-electron chi connectivity index (χ3n) is 4.52. The van der Waals surface area contributed by atoms with Gasteiger partial charge in [0.1, 0.15) is 0 Å². The Kier molecular flexibility index (Phi) is 2.75. The van der Waals surface area contributed by atoms with Crippen LogP contribution in [0.1, 0.15) is 36.8 Å². The Bertz CT molecular complexity index is 672. The zero-order chi connectivity index (χ0) is 13.4. The molecule has 0 amide bonds. The van der Waals surface area contributed by atoms with E-state index in [0.717, 1.165) is 22.3 Å². The number of fused-ring (bicyclic) bond motifs is 3. The summed E-state index contributed by atoms with van der Waals surface area (Å²) in [5.41, 5.74) is 4.39. The van der Waals surface area contributed by atoms with Crippen molar-refractivity contribution in [3.63, 3.8) is 0 Å². The molecule has 3 aliphatic carbocycles. The van der Waals surface area contributed by atoms with Gasteiger partial charge in [-0.15, -0.1) is 0 Å². The molecule has 2 atom stereocenters. The lowest BCUT2D eigenvalue weighted by molar-refractivity contribution is 0.333. The molecule has 1 saturated carbocycles. The molecule has 0 N–H and O–H groups in total. The van der Waals surface area contributed by atoms with Crippen LogP contribution in [0.15, 0.2) is 47.6 Å². The van der Waals surface area contributed by atoms with E-state index in [2.05, 4.69) is 48.0 Å². The van der Waals surface area contributed by atoms with Gasteiger partial charge in [-0.05, 0) is 36.8 Å². The maximum absolute atomic E-state index is 3.35. The van der Waals surface area contributed by atoms with Crippen LogP contribution in [-0.2, 0) is 0 Å². The van der Waals surface area contributed by atoms with Crippen molar-refractivity contribution in [3.8, 4) is 23.7 Å². The number of allylic oxidation sites excluding steroid dienone is 4. The molecule has 0 heterocycles. The normalized spacial score (nSPS) is 25.8. The average Bonchev–Trinajstić information content (AvgIpc) is 2.49. The van der Waals surface area contributed by atoms with Crippen molar-refractivity contribution in [2.75, 3.05) is 0 Å². The molecule has 0 unspecified atom stereocenters. The topological polar surface area (TPSA) is 0 Å². The first-order valence-electron chi connectivity index (χ1n) is 7.47. The number of rotatable bonds is 0. The van der Waals surface area contributed by atoms with Gasteiger partial charge < -0.3 is 0 Å². The highest BCUT2D eigenvalue weighted by Gasteiger charge is 2.26. The van der Waals surface area contributed by atoms with Crippen LogP contribution in [0.4, 0.5) is 0 Å². The van der Waals surface area contributed by atoms with Crippen LogP contribution >= 0.6 is 0 Å². The Morgan fingerprint density at radius 3 is 1.70 bits per heavy atom. The largest absolute Gasteiger partial charge is 0.0638 e. The Hall–Kier alpha value is -2.18. The number of hydrogen-bond acceptors (Lipinski definition) is 0. The van der Waals surface area contributed by atoms with Crippen LogP contribution in [0.5, 0.6) is 0 Å². The van der Waals surface area contributed by atoms with Gasteiger partial charge in [0.25, 0.3) is 0 Å². The molecule has 0 aromatic heterocycles. The number of hydrogen-bond donors (Lipinski definition) is 0. The van der Waals surface area contributed by atoms with Crippen LogP contribution in [0.25, 0.3) is 0 Å². The molecule has 0 bridgehead atoms. The van der Waals surface area contributed by atoms with Gasteiger partial charge in [-0.25, -0.2) is 0 Å². The first-order valence-corrected chi connectivity index (χ1v) is 7.47. The molecule has 0 radical (unpaired) electrons. The van der Waals surface area contributed by atoms with Crippen molar-refractivity contribution < 1.29 is 0 Å². The lowest BCUT2D eigenvalue weighted by Crippen LogP contribution is -2.20. The highest BCUT2D eigenvalue weighted by atomic mass is 14.3. The van der Waals surface area contributed by atoms with Gasteiger partial charge >= 0.3 is 0 Å². The summed E-state index contributed by atoms with van der Waals surface area (Å²) in [6.07, 6.45) is 10.1. The minimum Gasteiger partial charge on any atom is -0.0638 e. The summed E-state index contributed by atoms with van der Waals surface area (Å²) in [6.45, 7) is 0. The van der Waals surface area contributed by atoms with E-state index < -0.39 is 0 Å². The zero-order valence-corrected chi connectivity index (χ0v) is 11.4. The predicted octanol–water partition coefficient (Wildman–Crippen LogP) is 4.08. The van der Waals surface area contributed by atoms with E-state index in [1.54, 1.807) is 0 Å². The second-order valence-corrected chi connectivity index (χ2v) is 5.82. The first kappa shape index (κ1) is 11.6. The van der Waals surface area contributed by atoms with Crippen molar-refractivity contribution in [1.82, 2.24) is 0 Å². The first-order chi connectivity index (χ1) is 9.90. The molecule has 1 aromatic rings. The lowest BCUT2D eigenvalue weighted by atomic mass is 9.73. The Balaban J connectivity index is 1.82. The van der Waals surface area contributed by atoms with E-state index in [4.69, 9.17) is 0 Å². The number of benzene rings is 1. The van der Waals surface area contributed by atoms with Crippen molar-refractivity contribution in [2.24, 2.45) is 11.8 Å². The SMILES string of the molecule is C1#Cc2ccccc2C#CC2=C[C@H]3CCCC[C@H]3C=C12. The summed E-state index contributed by atoms with van der Waals surface area (Å²) in [7, 11) is 0. The molecule has 3 aliphatic rings. The molecule has 4 rings (SSSR count). The molecule has 0 spiro atoms. The standard InChI is InChI=1S/C20H16/c1-2-6-16-10-12-20-14-18-8-4-3-7-17(18)13-19(20)11-9-15(16)5-1/h1-2,5-6,13-14,17-18H,3-4,7-8H2/t17-,18+. The van der Waals surface area contributed by atoms with Gasteiger partial charge in [0.15, 0.2) is 0 Å². The predicted molar refractivity (Wildman–Crippen MR) is 81.8 cm³/mol. The second kappa shape index (κ2) is 4.73. The highest BCUT2D eigenvalue weighted by Crippen LogP contribution is 2.37. The van der Waals surface area contributed by atoms with Crippen LogP contribution in [0, 0.1) is 35.5 Å². The summed E-state index contributed by atoms with van der Waals surface area (Å²) in [5.74, 6) is 14.7. The van der Waals surface area contributed by atoms with Crippen molar-refractivity contribution in [2.45, 2.75) is 25.7 Å². The van der Waals surface area contributed by atoms with Gasteiger partial charge in [0, 0.05) is 22.3 Å². The van der Waals surface area contributed by atoms with E-state index in [1.165, 1.54) is 25.7 Å². The molecule has 0 aliphatic heterocycles. The monoisotopic (exact) mass is 256 g/mol. The minimum atomic E-state index is 0.688. The van der Waals surface area contributed by atoms with E-state index >= 15 is 0 Å². The summed E-state index contributed by atoms with van der Waals surface area (Å²) in [6, 6.07) is 8.16. The van der Waals surface area contributed by atoms with Crippen LogP contribution in [-0.4, -0.2) is 0 Å². The Morgan fingerprint density at radius 2 is 1.20 bits per heavy atom. The molecule has 20 heavy (non-hydrogen) atoms. The molecule has 0 saturated heterocycles. The molecule has 0 heteroatoms. The molecule has 96 valence electrons. The fourth-order valence-electron chi connectivity index (χ4n) is 3.40. The van der Waals surface area contributed by atoms with Gasteiger partial charge in [-0.3, -0.25) is 0 Å². The molecular weight excluding hydrogens is 240 g/mol. The zero-order valence-electron chi connectivity index (χ0n) is 11.4. The molecule has 1 fully saturated rings. The lowest BCUT2D eigenvalue weighted by Gasteiger charge is -2.30. The maximum Gasteiger partial charge on any atom is 0.0405 e. The van der Waals surface area contributed by atoms with Crippen molar-refractivity contribution in [3.05, 3.63) is 58.7 Å². The maximum atomic E-state index is 3.35. The van der Waals surface area contributed by atoms with Gasteiger partial charge in [-0.1, -0.05) is 60.8 Å². The minimum absolute atomic E-state index is 0.688. The Labute approximate surface area is 120 Å². The average molecular weight is 256 g/mol. The van der Waals surface area contributed by atoms with Crippen molar-refractivity contribution in [1.29, 1.82) is 0 Å². The van der Waals surface area contributed by atoms with E-state index in [1.807, 2.05) is 12.1 Å². The summed E-state index contributed by atoms with van der Waals surface area (Å²) in [4.78, 5) is 0. The summed E-state index contributed by atoms with van der Waals surface area (Å²) < 4.78 is 0. The molecule has 1 aromatic carbocycles. The van der Waals surface area contributed by atoms with E-state index in [-0.39, 0.29) is 0 Å². The van der Waals surface area contributed by atoms with Crippen molar-refractivity contribution >= 4 is 0 Å². The second-order valence-electron chi connectivity index (χ2n) is 5.82. The van der Waals surface area contributed by atoms with E-state index in [9.17, 15) is 0 Å². The molecular formula is C20H16. The van der Waals surface area contributed by atoms with Crippen LogP contribution in [0.2, 0.25) is 0 Å². The van der Waals surface area contributed by atoms with Gasteiger partial charge in [0.05, 0.1) is 0 Å². The smallest absolute Gasteiger partial charge is 0.0405 e. The Morgan fingerprint density at radius 1 is 0.700 bits per heavy atom. The van der Waals surface area contributed by atoms with Crippen LogP contribution < -0.4 is 0 Å². The van der Waals surface area contributed by atoms with Gasteiger partial charge in [0.2, 0.25) is 0 Å². The highest BCUT2D eigenvalue weighted by molar-refractivity contribution is 5.64. The molecule has 0 nitrogen and oxygen atoms in total.